The zero-order valence-electron chi connectivity index (χ0n) is 8.52. The molecule has 0 saturated carbocycles. The summed E-state index contributed by atoms with van der Waals surface area (Å²) in [6, 6.07) is 5.73. The molecule has 0 aliphatic heterocycles. The van der Waals surface area contributed by atoms with E-state index in [2.05, 4.69) is 4.98 Å². The van der Waals surface area contributed by atoms with Crippen molar-refractivity contribution in [2.75, 3.05) is 0 Å². The lowest BCUT2D eigenvalue weighted by Gasteiger charge is -2.02. The highest BCUT2D eigenvalue weighted by molar-refractivity contribution is 5.85. The summed E-state index contributed by atoms with van der Waals surface area (Å²) in [7, 11) is 0. The Hall–Kier alpha value is -1.97. The molecule has 0 bridgehead atoms. The molecule has 0 N–H and O–H groups in total. The van der Waals surface area contributed by atoms with Crippen molar-refractivity contribution in [3.05, 3.63) is 45.6 Å². The molecule has 0 aliphatic carbocycles. The fourth-order valence-electron chi connectivity index (χ4n) is 1.62. The molecular weight excluding hydrogens is 192 g/mol. The number of rotatable bonds is 1. The summed E-state index contributed by atoms with van der Waals surface area (Å²) in [5, 5.41) is 11.5. The number of benzene rings is 1. The maximum absolute atomic E-state index is 10.7. The normalized spacial score (nSPS) is 10.5. The van der Waals surface area contributed by atoms with Gasteiger partial charge in [0.15, 0.2) is 0 Å². The van der Waals surface area contributed by atoms with E-state index in [4.69, 9.17) is 0 Å². The molecule has 0 saturated heterocycles. The van der Waals surface area contributed by atoms with E-state index in [1.54, 1.807) is 6.92 Å². The van der Waals surface area contributed by atoms with E-state index in [9.17, 15) is 10.1 Å². The number of hydrogen-bond acceptors (Lipinski definition) is 3. The van der Waals surface area contributed by atoms with Crippen LogP contribution in [0.4, 0.5) is 5.69 Å². The molecule has 1 aromatic carbocycles. The fourth-order valence-corrected chi connectivity index (χ4v) is 1.62. The summed E-state index contributed by atoms with van der Waals surface area (Å²) in [6.45, 7) is 3.72. The second-order valence-corrected chi connectivity index (χ2v) is 3.55. The van der Waals surface area contributed by atoms with Gasteiger partial charge >= 0.3 is 0 Å². The van der Waals surface area contributed by atoms with Crippen LogP contribution in [0.1, 0.15) is 11.1 Å². The van der Waals surface area contributed by atoms with Crippen LogP contribution >= 0.6 is 0 Å². The van der Waals surface area contributed by atoms with Gasteiger partial charge in [0.25, 0.3) is 5.69 Å². The molecule has 2 rings (SSSR count). The average molecular weight is 202 g/mol. The second-order valence-electron chi connectivity index (χ2n) is 3.55. The van der Waals surface area contributed by atoms with Crippen LogP contribution in [-0.4, -0.2) is 9.91 Å². The van der Waals surface area contributed by atoms with Crippen molar-refractivity contribution in [2.24, 2.45) is 0 Å². The smallest absolute Gasteiger partial charge is 0.258 e. The molecule has 4 nitrogen and oxygen atoms in total. The van der Waals surface area contributed by atoms with Crippen molar-refractivity contribution in [3.8, 4) is 0 Å². The highest BCUT2D eigenvalue weighted by atomic mass is 16.6. The number of fused-ring (bicyclic) bond motifs is 1. The van der Waals surface area contributed by atoms with E-state index in [1.165, 1.54) is 6.20 Å². The number of nitrogens with zero attached hydrogens (tertiary/aromatic N) is 2. The number of hydrogen-bond donors (Lipinski definition) is 0. The van der Waals surface area contributed by atoms with Crippen molar-refractivity contribution in [2.45, 2.75) is 13.8 Å². The van der Waals surface area contributed by atoms with Gasteiger partial charge in [-0.1, -0.05) is 12.1 Å². The minimum atomic E-state index is -0.401. The average Bonchev–Trinajstić information content (AvgIpc) is 2.17. The van der Waals surface area contributed by atoms with E-state index < -0.39 is 4.92 Å². The van der Waals surface area contributed by atoms with Crippen LogP contribution in [0, 0.1) is 24.0 Å². The minimum absolute atomic E-state index is 0.0753. The van der Waals surface area contributed by atoms with Gasteiger partial charge in [-0.15, -0.1) is 0 Å². The van der Waals surface area contributed by atoms with Crippen molar-refractivity contribution in [1.29, 1.82) is 0 Å². The van der Waals surface area contributed by atoms with Crippen LogP contribution in [0.3, 0.4) is 0 Å². The monoisotopic (exact) mass is 202 g/mol. The molecule has 0 aliphatic rings. The van der Waals surface area contributed by atoms with Crippen molar-refractivity contribution < 1.29 is 4.92 Å². The standard InChI is InChI=1S/C11H10N2O2/c1-7-3-4-9-8(2)11(13(14)15)6-12-10(9)5-7/h3-6H,1-2H3. The van der Waals surface area contributed by atoms with E-state index in [-0.39, 0.29) is 5.69 Å². The van der Waals surface area contributed by atoms with E-state index in [0.717, 1.165) is 16.5 Å². The van der Waals surface area contributed by atoms with Crippen LogP contribution < -0.4 is 0 Å². The molecule has 4 heteroatoms. The predicted octanol–water partition coefficient (Wildman–Crippen LogP) is 2.76. The van der Waals surface area contributed by atoms with Gasteiger partial charge in [0.2, 0.25) is 0 Å². The van der Waals surface area contributed by atoms with E-state index >= 15 is 0 Å². The minimum Gasteiger partial charge on any atom is -0.258 e. The third kappa shape index (κ3) is 1.54. The van der Waals surface area contributed by atoms with Crippen molar-refractivity contribution >= 4 is 16.6 Å². The molecule has 0 radical (unpaired) electrons. The van der Waals surface area contributed by atoms with Crippen molar-refractivity contribution in [1.82, 2.24) is 4.98 Å². The number of aromatic nitrogens is 1. The highest BCUT2D eigenvalue weighted by Crippen LogP contribution is 2.25. The Morgan fingerprint density at radius 2 is 2.07 bits per heavy atom. The Labute approximate surface area is 86.7 Å². The van der Waals surface area contributed by atoms with E-state index in [0.29, 0.717) is 5.56 Å². The van der Waals surface area contributed by atoms with Crippen LogP contribution in [0.2, 0.25) is 0 Å². The first-order chi connectivity index (χ1) is 7.09. The topological polar surface area (TPSA) is 56.0 Å². The number of nitro groups is 1. The molecule has 15 heavy (non-hydrogen) atoms. The van der Waals surface area contributed by atoms with Gasteiger partial charge < -0.3 is 0 Å². The first-order valence-electron chi connectivity index (χ1n) is 4.60. The Morgan fingerprint density at radius 1 is 1.33 bits per heavy atom. The van der Waals surface area contributed by atoms with Gasteiger partial charge in [-0.25, -0.2) is 4.98 Å². The Kier molecular flexibility index (Phi) is 2.11. The number of pyridine rings is 1. The molecule has 1 aromatic heterocycles. The molecule has 76 valence electrons. The largest absolute Gasteiger partial charge is 0.291 e. The van der Waals surface area contributed by atoms with Crippen LogP contribution in [-0.2, 0) is 0 Å². The molecule has 1 heterocycles. The van der Waals surface area contributed by atoms with Gasteiger partial charge in [0.1, 0.15) is 6.20 Å². The fraction of sp³-hybridized carbons (Fsp3) is 0.182. The van der Waals surface area contributed by atoms with Crippen LogP contribution in [0.25, 0.3) is 10.9 Å². The number of aryl methyl sites for hydroxylation is 2. The predicted molar refractivity (Wildman–Crippen MR) is 57.9 cm³/mol. The molecule has 0 fully saturated rings. The molecule has 0 unspecified atom stereocenters. The summed E-state index contributed by atoms with van der Waals surface area (Å²) in [6.07, 6.45) is 1.32. The zero-order valence-corrected chi connectivity index (χ0v) is 8.52. The summed E-state index contributed by atoms with van der Waals surface area (Å²) < 4.78 is 0. The van der Waals surface area contributed by atoms with Gasteiger partial charge in [-0.05, 0) is 25.5 Å². The Morgan fingerprint density at radius 3 is 2.73 bits per heavy atom. The first kappa shape index (κ1) is 9.58. The maximum atomic E-state index is 10.7. The summed E-state index contributed by atoms with van der Waals surface area (Å²) in [4.78, 5) is 14.4. The quantitative estimate of drug-likeness (QED) is 0.527. The van der Waals surface area contributed by atoms with Gasteiger partial charge in [0.05, 0.1) is 10.4 Å². The SMILES string of the molecule is Cc1ccc2c(C)c([N+](=O)[O-])cnc2c1. The molecule has 2 aromatic rings. The zero-order chi connectivity index (χ0) is 11.0. The van der Waals surface area contributed by atoms with Crippen molar-refractivity contribution in [3.63, 3.8) is 0 Å². The second kappa shape index (κ2) is 3.31. The first-order valence-corrected chi connectivity index (χ1v) is 4.60. The van der Waals surface area contributed by atoms with Crippen LogP contribution in [0.5, 0.6) is 0 Å². The summed E-state index contributed by atoms with van der Waals surface area (Å²) >= 11 is 0. The van der Waals surface area contributed by atoms with Gasteiger partial charge in [0, 0.05) is 10.9 Å². The Bertz CT molecular complexity index is 550. The van der Waals surface area contributed by atoms with E-state index in [1.807, 2.05) is 25.1 Å². The lowest BCUT2D eigenvalue weighted by atomic mass is 10.1. The summed E-state index contributed by atoms with van der Waals surface area (Å²) in [5.41, 5.74) is 2.65. The van der Waals surface area contributed by atoms with Gasteiger partial charge in [-0.3, -0.25) is 10.1 Å². The maximum Gasteiger partial charge on any atom is 0.291 e. The Balaban J connectivity index is 2.80. The lowest BCUT2D eigenvalue weighted by Crippen LogP contribution is -1.94. The van der Waals surface area contributed by atoms with Crippen LogP contribution in [0.15, 0.2) is 24.4 Å². The van der Waals surface area contributed by atoms with Gasteiger partial charge in [-0.2, -0.15) is 0 Å². The molecular formula is C11H10N2O2. The molecule has 0 atom stereocenters. The molecule has 0 spiro atoms. The molecule has 0 amide bonds. The summed E-state index contributed by atoms with van der Waals surface area (Å²) in [5.74, 6) is 0. The lowest BCUT2D eigenvalue weighted by molar-refractivity contribution is -0.385. The third-order valence-electron chi connectivity index (χ3n) is 2.46. The third-order valence-corrected chi connectivity index (χ3v) is 2.46. The highest BCUT2D eigenvalue weighted by Gasteiger charge is 2.13.